The monoisotopic (exact) mass is 246 g/mol. The molecule has 1 heterocycles. The van der Waals surface area contributed by atoms with E-state index in [0.29, 0.717) is 13.1 Å². The lowest BCUT2D eigenvalue weighted by Gasteiger charge is -2.28. The summed E-state index contributed by atoms with van der Waals surface area (Å²) in [4.78, 5) is 23.6. The molecule has 5 nitrogen and oxygen atoms in total. The largest absolute Gasteiger partial charge is 0.478 e. The van der Waals surface area contributed by atoms with Crippen molar-refractivity contribution in [3.05, 3.63) is 35.9 Å². The van der Waals surface area contributed by atoms with Gasteiger partial charge in [0.1, 0.15) is 0 Å². The quantitative estimate of drug-likeness (QED) is 0.771. The molecule has 1 fully saturated rings. The average Bonchev–Trinajstić information content (AvgIpc) is 2.37. The summed E-state index contributed by atoms with van der Waals surface area (Å²) in [5.74, 6) is -0.942. The number of carboxylic acid groups (broad SMARTS) is 1. The van der Waals surface area contributed by atoms with Crippen LogP contribution in [0, 0.1) is 0 Å². The normalized spacial score (nSPS) is 15.8. The van der Waals surface area contributed by atoms with E-state index in [9.17, 15) is 9.59 Å². The van der Waals surface area contributed by atoms with Gasteiger partial charge in [0.15, 0.2) is 0 Å². The Balaban J connectivity index is 2.07. The molecule has 18 heavy (non-hydrogen) atoms. The Bertz CT molecular complexity index is 480. The Morgan fingerprint density at radius 2 is 2.06 bits per heavy atom. The van der Waals surface area contributed by atoms with Gasteiger partial charge in [-0.25, -0.2) is 4.79 Å². The van der Waals surface area contributed by atoms with Gasteiger partial charge < -0.3 is 15.3 Å². The maximum absolute atomic E-state index is 11.3. The Morgan fingerprint density at radius 1 is 1.33 bits per heavy atom. The van der Waals surface area contributed by atoms with Crippen LogP contribution in [0.5, 0.6) is 0 Å². The van der Waals surface area contributed by atoms with E-state index < -0.39 is 5.97 Å². The molecular formula is C13H14N2O3. The van der Waals surface area contributed by atoms with Crippen LogP contribution in [-0.4, -0.2) is 36.6 Å². The third-order valence-corrected chi connectivity index (χ3v) is 2.71. The predicted octanol–water partition coefficient (Wildman–Crippen LogP) is 0.721. The fourth-order valence-electron chi connectivity index (χ4n) is 1.82. The van der Waals surface area contributed by atoms with Gasteiger partial charge in [0.2, 0.25) is 5.91 Å². The molecular weight excluding hydrogens is 232 g/mol. The van der Waals surface area contributed by atoms with Crippen molar-refractivity contribution in [2.75, 3.05) is 24.5 Å². The van der Waals surface area contributed by atoms with Gasteiger partial charge in [-0.15, -0.1) is 0 Å². The topological polar surface area (TPSA) is 69.6 Å². The summed E-state index contributed by atoms with van der Waals surface area (Å²) in [6.45, 7) is 1.81. The van der Waals surface area contributed by atoms with Crippen molar-refractivity contribution in [1.82, 2.24) is 5.32 Å². The van der Waals surface area contributed by atoms with E-state index in [1.807, 2.05) is 29.2 Å². The highest BCUT2D eigenvalue weighted by Gasteiger charge is 2.15. The molecule has 1 aliphatic rings. The van der Waals surface area contributed by atoms with Crippen LogP contribution in [0.25, 0.3) is 6.08 Å². The summed E-state index contributed by atoms with van der Waals surface area (Å²) in [6.07, 6.45) is 2.64. The fraction of sp³-hybridized carbons (Fsp3) is 0.231. The van der Waals surface area contributed by atoms with Gasteiger partial charge in [-0.1, -0.05) is 12.1 Å². The van der Waals surface area contributed by atoms with Gasteiger partial charge in [0.05, 0.1) is 6.54 Å². The van der Waals surface area contributed by atoms with E-state index in [0.717, 1.165) is 23.9 Å². The van der Waals surface area contributed by atoms with Crippen LogP contribution in [0.1, 0.15) is 5.56 Å². The molecule has 1 saturated heterocycles. The molecule has 0 unspecified atom stereocenters. The van der Waals surface area contributed by atoms with Gasteiger partial charge in [0, 0.05) is 24.9 Å². The standard InChI is InChI=1S/C13H14N2O3/c16-12-9-15(8-7-14-12)11-4-1-10(2-5-11)3-6-13(17)18/h1-6H,7-9H2,(H,14,16)(H,17,18)/b6-3+. The molecule has 5 heteroatoms. The molecule has 2 rings (SSSR count). The minimum absolute atomic E-state index is 0.0242. The van der Waals surface area contributed by atoms with Crippen molar-refractivity contribution in [2.24, 2.45) is 0 Å². The third-order valence-electron chi connectivity index (χ3n) is 2.71. The zero-order valence-electron chi connectivity index (χ0n) is 9.80. The van der Waals surface area contributed by atoms with Gasteiger partial charge >= 0.3 is 5.97 Å². The van der Waals surface area contributed by atoms with Crippen LogP contribution >= 0.6 is 0 Å². The molecule has 2 N–H and O–H groups in total. The van der Waals surface area contributed by atoms with E-state index in [2.05, 4.69) is 5.32 Å². The van der Waals surface area contributed by atoms with E-state index in [1.165, 1.54) is 6.08 Å². The lowest BCUT2D eigenvalue weighted by atomic mass is 10.1. The number of carbonyl (C=O) groups excluding carboxylic acids is 1. The number of amides is 1. The number of hydrogen-bond acceptors (Lipinski definition) is 3. The summed E-state index contributed by atoms with van der Waals surface area (Å²) in [6, 6.07) is 7.45. The van der Waals surface area contributed by atoms with Gasteiger partial charge in [0.25, 0.3) is 0 Å². The number of carboxylic acids is 1. The first-order valence-electron chi connectivity index (χ1n) is 5.68. The molecule has 1 aromatic carbocycles. The fourth-order valence-corrected chi connectivity index (χ4v) is 1.82. The number of anilines is 1. The Hall–Kier alpha value is -2.30. The number of aliphatic carboxylic acids is 1. The average molecular weight is 246 g/mol. The van der Waals surface area contributed by atoms with Gasteiger partial charge in [-0.05, 0) is 23.8 Å². The smallest absolute Gasteiger partial charge is 0.328 e. The molecule has 0 bridgehead atoms. The van der Waals surface area contributed by atoms with Crippen LogP contribution in [0.4, 0.5) is 5.69 Å². The SMILES string of the molecule is O=C(O)/C=C/c1ccc(N2CCNC(=O)C2)cc1. The second-order valence-electron chi connectivity index (χ2n) is 4.03. The van der Waals surface area contributed by atoms with Crippen LogP contribution in [-0.2, 0) is 9.59 Å². The molecule has 0 spiro atoms. The third kappa shape index (κ3) is 3.10. The Kier molecular flexibility index (Phi) is 3.62. The first kappa shape index (κ1) is 12.2. The van der Waals surface area contributed by atoms with Crippen LogP contribution in [0.2, 0.25) is 0 Å². The maximum Gasteiger partial charge on any atom is 0.328 e. The number of hydrogen-bond donors (Lipinski definition) is 2. The summed E-state index contributed by atoms with van der Waals surface area (Å²) in [5.41, 5.74) is 1.79. The van der Waals surface area contributed by atoms with Crippen molar-refractivity contribution in [2.45, 2.75) is 0 Å². The molecule has 1 aromatic rings. The van der Waals surface area contributed by atoms with E-state index in [1.54, 1.807) is 0 Å². The molecule has 0 atom stereocenters. The second kappa shape index (κ2) is 5.35. The van der Waals surface area contributed by atoms with E-state index in [-0.39, 0.29) is 5.91 Å². The molecule has 0 saturated carbocycles. The zero-order valence-corrected chi connectivity index (χ0v) is 9.80. The maximum atomic E-state index is 11.3. The van der Waals surface area contributed by atoms with Crippen LogP contribution < -0.4 is 10.2 Å². The summed E-state index contributed by atoms with van der Waals surface area (Å²) in [7, 11) is 0. The summed E-state index contributed by atoms with van der Waals surface area (Å²) >= 11 is 0. The molecule has 0 aromatic heterocycles. The molecule has 1 amide bonds. The van der Waals surface area contributed by atoms with E-state index >= 15 is 0 Å². The minimum atomic E-state index is -0.966. The highest BCUT2D eigenvalue weighted by atomic mass is 16.4. The van der Waals surface area contributed by atoms with E-state index in [4.69, 9.17) is 5.11 Å². The highest BCUT2D eigenvalue weighted by molar-refractivity contribution is 5.85. The first-order valence-corrected chi connectivity index (χ1v) is 5.68. The Morgan fingerprint density at radius 3 is 2.67 bits per heavy atom. The van der Waals surface area contributed by atoms with Crippen molar-refractivity contribution < 1.29 is 14.7 Å². The summed E-state index contributed by atoms with van der Waals surface area (Å²) < 4.78 is 0. The zero-order chi connectivity index (χ0) is 13.0. The second-order valence-corrected chi connectivity index (χ2v) is 4.03. The molecule has 94 valence electrons. The number of piperazine rings is 1. The van der Waals surface area contributed by atoms with Crippen LogP contribution in [0.3, 0.4) is 0 Å². The lowest BCUT2D eigenvalue weighted by molar-refractivity contribution is -0.131. The lowest BCUT2D eigenvalue weighted by Crippen LogP contribution is -2.47. The number of rotatable bonds is 3. The van der Waals surface area contributed by atoms with Crippen molar-refractivity contribution >= 4 is 23.6 Å². The number of nitrogens with one attached hydrogen (secondary N) is 1. The first-order chi connectivity index (χ1) is 8.65. The Labute approximate surface area is 105 Å². The van der Waals surface area contributed by atoms with Gasteiger partial charge in [-0.3, -0.25) is 4.79 Å². The number of nitrogens with zero attached hydrogens (tertiary/aromatic N) is 1. The number of carbonyl (C=O) groups is 2. The summed E-state index contributed by atoms with van der Waals surface area (Å²) in [5, 5.41) is 11.3. The molecule has 0 aliphatic carbocycles. The highest BCUT2D eigenvalue weighted by Crippen LogP contribution is 2.16. The van der Waals surface area contributed by atoms with Crippen molar-refractivity contribution in [3.63, 3.8) is 0 Å². The number of benzene rings is 1. The molecule has 0 radical (unpaired) electrons. The van der Waals surface area contributed by atoms with Crippen molar-refractivity contribution in [3.8, 4) is 0 Å². The van der Waals surface area contributed by atoms with Crippen molar-refractivity contribution in [1.29, 1.82) is 0 Å². The van der Waals surface area contributed by atoms with Crippen LogP contribution in [0.15, 0.2) is 30.3 Å². The minimum Gasteiger partial charge on any atom is -0.478 e. The molecule has 1 aliphatic heterocycles. The predicted molar refractivity (Wildman–Crippen MR) is 68.3 cm³/mol. The van der Waals surface area contributed by atoms with Gasteiger partial charge in [-0.2, -0.15) is 0 Å².